The highest BCUT2D eigenvalue weighted by atomic mass is 28.4. The van der Waals surface area contributed by atoms with Gasteiger partial charge in [-0.15, -0.1) is 10.2 Å². The number of amides is 2. The van der Waals surface area contributed by atoms with E-state index >= 15 is 0 Å². The van der Waals surface area contributed by atoms with Crippen LogP contribution < -0.4 is 20.3 Å². The molecular weight excluding hydrogens is 741 g/mol. The van der Waals surface area contributed by atoms with Crippen molar-refractivity contribution in [3.63, 3.8) is 0 Å². The number of benzene rings is 2. The van der Waals surface area contributed by atoms with Gasteiger partial charge in [-0.3, -0.25) is 9.72 Å². The number of pyridine rings is 1. The molecule has 2 aliphatic rings. The Hall–Kier alpha value is -4.68. The molecule has 310 valence electrons. The zero-order chi connectivity index (χ0) is 41.5. The van der Waals surface area contributed by atoms with Crippen LogP contribution in [0.5, 0.6) is 5.75 Å². The average Bonchev–Trinajstić information content (AvgIpc) is 3.80. The number of aromatic nitrogens is 5. The number of piperidine rings is 1. The lowest BCUT2D eigenvalue weighted by Crippen LogP contribution is -2.56. The highest BCUT2D eigenvalue weighted by Crippen LogP contribution is 2.45. The third-order valence-corrected chi connectivity index (χ3v) is 18.7. The van der Waals surface area contributed by atoms with E-state index in [4.69, 9.17) is 19.4 Å². The Morgan fingerprint density at radius 3 is 2.24 bits per heavy atom. The van der Waals surface area contributed by atoms with Crippen molar-refractivity contribution in [2.45, 2.75) is 148 Å². The maximum absolute atomic E-state index is 13.7. The summed E-state index contributed by atoms with van der Waals surface area (Å²) in [7, 11) is -2.06. The maximum Gasteiger partial charge on any atom is 0.320 e. The number of aryl methyl sites for hydroxylation is 1. The summed E-state index contributed by atoms with van der Waals surface area (Å²) in [6.45, 7) is 25.8. The van der Waals surface area contributed by atoms with Crippen LogP contribution in [0.25, 0.3) is 11.3 Å². The number of anilines is 2. The maximum atomic E-state index is 13.7. The molecule has 2 N–H and O–H groups in total. The molecule has 2 aromatic carbocycles. The van der Waals surface area contributed by atoms with E-state index in [1.807, 2.05) is 53.3 Å². The first-order valence-corrected chi connectivity index (χ1v) is 23.5. The fraction of sp³-hybridized carbons (Fsp3) is 0.522. The number of nitrogens with zero attached hydrogens (tertiary/aromatic N) is 6. The van der Waals surface area contributed by atoms with Crippen molar-refractivity contribution < 1.29 is 14.0 Å². The van der Waals surface area contributed by atoms with Crippen LogP contribution in [0.2, 0.25) is 16.6 Å². The highest BCUT2D eigenvalue weighted by Gasteiger charge is 2.48. The van der Waals surface area contributed by atoms with Crippen LogP contribution in [-0.4, -0.2) is 57.4 Å². The van der Waals surface area contributed by atoms with E-state index in [9.17, 15) is 4.79 Å². The number of hydrogen-bond donors (Lipinski definition) is 2. The number of rotatable bonds is 11. The minimum Gasteiger partial charge on any atom is -0.484 e. The quantitative estimate of drug-likeness (QED) is 0.128. The van der Waals surface area contributed by atoms with Gasteiger partial charge in [-0.2, -0.15) is 5.10 Å². The molecule has 0 saturated carbocycles. The number of fused-ring (bicyclic) bond motifs is 2. The van der Waals surface area contributed by atoms with Gasteiger partial charge in [-0.1, -0.05) is 104 Å². The van der Waals surface area contributed by atoms with Crippen LogP contribution in [-0.2, 0) is 9.84 Å². The lowest BCUT2D eigenvalue weighted by molar-refractivity contribution is 0.121. The van der Waals surface area contributed by atoms with Crippen LogP contribution in [0.15, 0.2) is 72.9 Å². The first kappa shape index (κ1) is 41.5. The van der Waals surface area contributed by atoms with Gasteiger partial charge in [0, 0.05) is 18.0 Å². The minimum absolute atomic E-state index is 0.137. The van der Waals surface area contributed by atoms with Gasteiger partial charge >= 0.3 is 6.03 Å². The molecule has 0 radical (unpaired) electrons. The molecule has 1 aliphatic carbocycles. The van der Waals surface area contributed by atoms with E-state index in [0.717, 1.165) is 77.6 Å². The van der Waals surface area contributed by atoms with E-state index in [2.05, 4.69) is 125 Å². The second kappa shape index (κ2) is 16.5. The summed E-state index contributed by atoms with van der Waals surface area (Å²) in [5.41, 5.74) is 7.25. The summed E-state index contributed by atoms with van der Waals surface area (Å²) in [6.07, 6.45) is 5.54. The summed E-state index contributed by atoms with van der Waals surface area (Å²) in [5.74, 6) is 2.20. The molecule has 1 fully saturated rings. The van der Waals surface area contributed by atoms with Crippen molar-refractivity contribution in [2.75, 3.05) is 16.8 Å². The lowest BCUT2D eigenvalue weighted by atomic mass is 9.85. The monoisotopic (exact) mass is 804 g/mol. The number of carbonyl (C=O) groups excluding carboxylic acids is 1. The molecule has 4 atom stereocenters. The molecule has 0 spiro atoms. The van der Waals surface area contributed by atoms with Gasteiger partial charge in [0.05, 0.1) is 35.8 Å². The Morgan fingerprint density at radius 1 is 0.879 bits per heavy atom. The Balaban J connectivity index is 1.07. The predicted octanol–water partition coefficient (Wildman–Crippen LogP) is 10.8. The van der Waals surface area contributed by atoms with Crippen molar-refractivity contribution in [1.82, 2.24) is 29.7 Å². The number of nitrogens with one attached hydrogen (secondary N) is 2. The Morgan fingerprint density at radius 2 is 1.57 bits per heavy atom. The zero-order valence-electron chi connectivity index (χ0n) is 36.4. The summed E-state index contributed by atoms with van der Waals surface area (Å²) in [5, 5.41) is 20.6. The number of hydrogen-bond acceptors (Lipinski definition) is 7. The Labute approximate surface area is 346 Å². The Kier molecular flexibility index (Phi) is 11.8. The van der Waals surface area contributed by atoms with E-state index in [-0.39, 0.29) is 35.7 Å². The normalized spacial score (nSPS) is 20.2. The fourth-order valence-electron chi connectivity index (χ4n) is 9.56. The molecular formula is C46H64N8O3Si. The summed E-state index contributed by atoms with van der Waals surface area (Å²) in [6, 6.07) is 22.1. The van der Waals surface area contributed by atoms with E-state index < -0.39 is 8.32 Å². The van der Waals surface area contributed by atoms with Gasteiger partial charge in [0.1, 0.15) is 17.7 Å². The van der Waals surface area contributed by atoms with Gasteiger partial charge in [-0.05, 0) is 91.5 Å². The highest BCUT2D eigenvalue weighted by molar-refractivity contribution is 6.77. The first-order chi connectivity index (χ1) is 27.6. The number of ether oxygens (including phenoxy) is 1. The topological polar surface area (TPSA) is 111 Å². The molecule has 1 saturated heterocycles. The molecule has 1 aliphatic heterocycles. The molecule has 4 heterocycles. The van der Waals surface area contributed by atoms with E-state index in [1.165, 1.54) is 0 Å². The second-order valence-corrected chi connectivity index (χ2v) is 23.9. The van der Waals surface area contributed by atoms with Crippen molar-refractivity contribution in [1.29, 1.82) is 0 Å². The third-order valence-electron chi connectivity index (χ3n) is 12.6. The Bertz CT molecular complexity index is 2180. The molecule has 58 heavy (non-hydrogen) atoms. The van der Waals surface area contributed by atoms with Crippen LogP contribution in [0.1, 0.15) is 129 Å². The van der Waals surface area contributed by atoms with Crippen LogP contribution in [0.4, 0.5) is 16.6 Å². The van der Waals surface area contributed by atoms with Crippen molar-refractivity contribution in [3.05, 3.63) is 95.3 Å². The van der Waals surface area contributed by atoms with Crippen LogP contribution >= 0.6 is 0 Å². The van der Waals surface area contributed by atoms with Gasteiger partial charge in [0.15, 0.2) is 5.65 Å². The third kappa shape index (κ3) is 8.14. The molecule has 12 heteroatoms. The second-order valence-electron chi connectivity index (χ2n) is 18.5. The summed E-state index contributed by atoms with van der Waals surface area (Å²) in [4.78, 5) is 16.1. The molecule has 3 aromatic heterocycles. The molecule has 5 aromatic rings. The van der Waals surface area contributed by atoms with Gasteiger partial charge in [0.2, 0.25) is 14.3 Å². The van der Waals surface area contributed by atoms with Crippen LogP contribution in [0, 0.1) is 6.92 Å². The SMILES string of the molecule is Cc1ccc(-n2nc(C(C)(C)C)cc2NC(=O)N[C@H]2CC[C@@H](Oc3ccc4nnc(N5CCCC(O[Si](C(C)C)(C(C)C)C(C)C)[C@H]5C)n4c3)c3ccccc32)cc1. The summed E-state index contributed by atoms with van der Waals surface area (Å²) < 4.78 is 18.0. The predicted molar refractivity (Wildman–Crippen MR) is 236 cm³/mol. The van der Waals surface area contributed by atoms with Crippen LogP contribution in [0.3, 0.4) is 0 Å². The van der Waals surface area contributed by atoms with Crippen molar-refractivity contribution in [2.24, 2.45) is 0 Å². The standard InChI is InChI=1S/C46H64N8O3Si/c1-29(2)58(30(3)4,31(5)6)57-39-17-14-26-52(33(39)8)45-50-49-42-25-22-35(28-53(42)45)56-40-24-23-38(36-15-12-13-16-37(36)40)47-44(55)48-43-27-41(46(9,10)11)51-54(43)34-20-18-32(7)19-21-34/h12-13,15-16,18-22,25,27-31,33,38-40H,14,17,23-24,26H2,1-11H3,(H2,47,48,55)/t33-,38+,39?,40-/m1/s1. The molecule has 7 rings (SSSR count). The molecule has 1 unspecified atom stereocenters. The lowest BCUT2D eigenvalue weighted by Gasteiger charge is -2.49. The molecule has 11 nitrogen and oxygen atoms in total. The average molecular weight is 805 g/mol. The molecule has 0 bridgehead atoms. The smallest absolute Gasteiger partial charge is 0.320 e. The van der Waals surface area contributed by atoms with Gasteiger partial charge in [-0.25, -0.2) is 9.48 Å². The summed E-state index contributed by atoms with van der Waals surface area (Å²) >= 11 is 0. The van der Waals surface area contributed by atoms with Crippen molar-refractivity contribution in [3.8, 4) is 11.4 Å². The largest absolute Gasteiger partial charge is 0.484 e. The first-order valence-electron chi connectivity index (χ1n) is 21.4. The zero-order valence-corrected chi connectivity index (χ0v) is 37.4. The van der Waals surface area contributed by atoms with E-state index in [0.29, 0.717) is 22.4 Å². The van der Waals surface area contributed by atoms with Gasteiger partial charge in [0.25, 0.3) is 0 Å². The number of urea groups is 1. The fourth-order valence-corrected chi connectivity index (χ4v) is 15.2. The number of carbonyl (C=O) groups is 1. The van der Waals surface area contributed by atoms with E-state index in [1.54, 1.807) is 0 Å². The van der Waals surface area contributed by atoms with Gasteiger partial charge < -0.3 is 19.4 Å². The molecule has 2 amide bonds. The van der Waals surface area contributed by atoms with Crippen molar-refractivity contribution >= 4 is 31.8 Å². The minimum atomic E-state index is -2.06.